The maximum Gasteiger partial charge on any atom is 0.201 e. The minimum absolute atomic E-state index is 0.00477. The fourth-order valence-electron chi connectivity index (χ4n) is 4.49. The van der Waals surface area contributed by atoms with Gasteiger partial charge in [0, 0.05) is 0 Å². The van der Waals surface area contributed by atoms with Crippen molar-refractivity contribution in [2.75, 3.05) is 0 Å². The number of ketones is 1. The van der Waals surface area contributed by atoms with Gasteiger partial charge in [0.15, 0.2) is 0 Å². The molecule has 168 valence electrons. The molecular formula is C28H20O6. The van der Waals surface area contributed by atoms with Crippen LogP contribution in [0.3, 0.4) is 0 Å². The minimum atomic E-state index is -0.308. The van der Waals surface area contributed by atoms with Crippen molar-refractivity contribution in [1.82, 2.24) is 0 Å². The van der Waals surface area contributed by atoms with E-state index in [0.717, 1.165) is 21.9 Å². The molecule has 0 saturated heterocycles. The lowest BCUT2D eigenvalue weighted by Gasteiger charge is -2.19. The number of hydrogen-bond donors (Lipinski definition) is 5. The maximum absolute atomic E-state index is 12.2. The summed E-state index contributed by atoms with van der Waals surface area (Å²) in [6, 6.07) is 21.9. The zero-order valence-corrected chi connectivity index (χ0v) is 17.9. The molecule has 0 aromatic heterocycles. The normalized spacial score (nSPS) is 12.1. The standard InChI is InChI=1S/2C14H10O3/c2*15-10-5-1-3-8-7-9-4-2-6-11(16)13(9)14(17)12(8)10/h1-6,15-16H,7H2;1-7,15-17H. The number of carbonyl (C=O) groups is 1. The van der Waals surface area contributed by atoms with Gasteiger partial charge in [-0.2, -0.15) is 0 Å². The summed E-state index contributed by atoms with van der Waals surface area (Å²) < 4.78 is 0. The molecule has 0 aliphatic heterocycles. The Morgan fingerprint density at radius 2 is 0.941 bits per heavy atom. The van der Waals surface area contributed by atoms with Gasteiger partial charge in [-0.1, -0.05) is 48.5 Å². The van der Waals surface area contributed by atoms with Crippen LogP contribution in [0.4, 0.5) is 0 Å². The third-order valence-corrected chi connectivity index (χ3v) is 6.03. The van der Waals surface area contributed by atoms with Crippen molar-refractivity contribution < 1.29 is 30.3 Å². The fraction of sp³-hybridized carbons (Fsp3) is 0.0357. The number of aromatic hydroxyl groups is 5. The van der Waals surface area contributed by atoms with Gasteiger partial charge in [0.1, 0.15) is 28.7 Å². The Kier molecular flexibility index (Phi) is 4.98. The summed E-state index contributed by atoms with van der Waals surface area (Å²) in [5, 5.41) is 51.4. The van der Waals surface area contributed by atoms with Crippen LogP contribution in [0, 0.1) is 0 Å². The number of phenols is 5. The van der Waals surface area contributed by atoms with E-state index in [1.54, 1.807) is 36.4 Å². The topological polar surface area (TPSA) is 118 Å². The number of fused-ring (bicyclic) bond motifs is 4. The number of benzene rings is 5. The minimum Gasteiger partial charge on any atom is -0.507 e. The van der Waals surface area contributed by atoms with Gasteiger partial charge in [-0.05, 0) is 58.7 Å². The van der Waals surface area contributed by atoms with E-state index in [0.29, 0.717) is 28.3 Å². The number of rotatable bonds is 0. The first-order valence-electron chi connectivity index (χ1n) is 10.6. The van der Waals surface area contributed by atoms with E-state index in [1.807, 2.05) is 18.2 Å². The highest BCUT2D eigenvalue weighted by Gasteiger charge is 2.28. The van der Waals surface area contributed by atoms with Gasteiger partial charge in [-0.3, -0.25) is 4.79 Å². The van der Waals surface area contributed by atoms with Crippen LogP contribution in [0.1, 0.15) is 27.0 Å². The Morgan fingerprint density at radius 3 is 1.41 bits per heavy atom. The molecule has 0 saturated carbocycles. The van der Waals surface area contributed by atoms with Crippen molar-refractivity contribution >= 4 is 27.3 Å². The Hall–Kier alpha value is -4.71. The molecule has 0 bridgehead atoms. The van der Waals surface area contributed by atoms with Crippen molar-refractivity contribution in [2.45, 2.75) is 6.42 Å². The molecule has 1 aliphatic rings. The lowest BCUT2D eigenvalue weighted by molar-refractivity contribution is 0.102. The lowest BCUT2D eigenvalue weighted by atomic mass is 9.84. The average Bonchev–Trinajstić information content (AvgIpc) is 2.79. The second-order valence-electron chi connectivity index (χ2n) is 8.10. The zero-order valence-electron chi connectivity index (χ0n) is 17.9. The van der Waals surface area contributed by atoms with Crippen molar-refractivity contribution in [3.8, 4) is 28.7 Å². The van der Waals surface area contributed by atoms with E-state index in [2.05, 4.69) is 0 Å². The van der Waals surface area contributed by atoms with E-state index in [-0.39, 0.29) is 34.5 Å². The van der Waals surface area contributed by atoms with E-state index in [1.165, 1.54) is 24.3 Å². The molecule has 5 aromatic rings. The van der Waals surface area contributed by atoms with Crippen LogP contribution in [0.15, 0.2) is 78.9 Å². The Morgan fingerprint density at radius 1 is 0.529 bits per heavy atom. The molecule has 0 radical (unpaired) electrons. The molecular weight excluding hydrogens is 432 g/mol. The van der Waals surface area contributed by atoms with Crippen LogP contribution < -0.4 is 0 Å². The van der Waals surface area contributed by atoms with Gasteiger partial charge in [-0.25, -0.2) is 0 Å². The molecule has 0 heterocycles. The highest BCUT2D eigenvalue weighted by atomic mass is 16.3. The van der Waals surface area contributed by atoms with Crippen LogP contribution in [0.5, 0.6) is 28.7 Å². The van der Waals surface area contributed by atoms with Gasteiger partial charge in [-0.15, -0.1) is 0 Å². The third-order valence-electron chi connectivity index (χ3n) is 6.03. The largest absolute Gasteiger partial charge is 0.507 e. The first kappa shape index (κ1) is 21.2. The highest BCUT2D eigenvalue weighted by Crippen LogP contribution is 2.42. The number of carbonyl (C=O) groups excluding carboxylic acids is 1. The Bertz CT molecular complexity index is 1490. The van der Waals surface area contributed by atoms with E-state index in [9.17, 15) is 30.3 Å². The van der Waals surface area contributed by atoms with Gasteiger partial charge >= 0.3 is 0 Å². The second-order valence-corrected chi connectivity index (χ2v) is 8.10. The van der Waals surface area contributed by atoms with Crippen molar-refractivity contribution in [2.24, 2.45) is 0 Å². The van der Waals surface area contributed by atoms with Crippen LogP contribution in [0.2, 0.25) is 0 Å². The van der Waals surface area contributed by atoms with Crippen molar-refractivity contribution in [1.29, 1.82) is 0 Å². The molecule has 5 aromatic carbocycles. The molecule has 5 N–H and O–H groups in total. The molecule has 1 aliphatic carbocycles. The summed E-state index contributed by atoms with van der Waals surface area (Å²) in [5.41, 5.74) is 2.21. The number of hydrogen-bond acceptors (Lipinski definition) is 6. The smallest absolute Gasteiger partial charge is 0.201 e. The summed E-state index contributed by atoms with van der Waals surface area (Å²) in [5.74, 6) is -0.440. The van der Waals surface area contributed by atoms with Crippen molar-refractivity contribution in [3.63, 3.8) is 0 Å². The second kappa shape index (κ2) is 8.01. The predicted octanol–water partition coefficient (Wildman–Crippen LogP) is 5.34. The van der Waals surface area contributed by atoms with Crippen molar-refractivity contribution in [3.05, 3.63) is 101 Å². The van der Waals surface area contributed by atoms with Crippen LogP contribution >= 0.6 is 0 Å². The SMILES string of the molecule is O=C1c2c(O)cccc2Cc2cccc(O)c21.Oc1cccc2cc3cccc(O)c3c(O)c12. The Labute approximate surface area is 194 Å². The average molecular weight is 452 g/mol. The molecule has 6 heteroatoms. The van der Waals surface area contributed by atoms with E-state index < -0.39 is 0 Å². The molecule has 0 spiro atoms. The molecule has 34 heavy (non-hydrogen) atoms. The quantitative estimate of drug-likeness (QED) is 0.199. The summed E-state index contributed by atoms with van der Waals surface area (Å²) in [6.07, 6.45) is 0.555. The zero-order chi connectivity index (χ0) is 24.0. The molecule has 0 atom stereocenters. The van der Waals surface area contributed by atoms with Crippen LogP contribution in [-0.2, 0) is 6.42 Å². The summed E-state index contributed by atoms with van der Waals surface area (Å²) in [4.78, 5) is 12.2. The first-order chi connectivity index (χ1) is 16.4. The molecule has 0 unspecified atom stereocenters. The van der Waals surface area contributed by atoms with Gasteiger partial charge in [0.05, 0.1) is 21.9 Å². The summed E-state index contributed by atoms with van der Waals surface area (Å²) in [6.45, 7) is 0. The summed E-state index contributed by atoms with van der Waals surface area (Å²) >= 11 is 0. The Balaban J connectivity index is 0.000000142. The fourth-order valence-corrected chi connectivity index (χ4v) is 4.49. The molecule has 0 fully saturated rings. The molecule has 0 amide bonds. The summed E-state index contributed by atoms with van der Waals surface area (Å²) in [7, 11) is 0. The van der Waals surface area contributed by atoms with E-state index >= 15 is 0 Å². The molecule has 6 nitrogen and oxygen atoms in total. The predicted molar refractivity (Wildman–Crippen MR) is 129 cm³/mol. The number of phenolic OH excluding ortho intramolecular Hbond substituents is 5. The van der Waals surface area contributed by atoms with Crippen LogP contribution in [0.25, 0.3) is 21.5 Å². The van der Waals surface area contributed by atoms with E-state index in [4.69, 9.17) is 0 Å². The maximum atomic E-state index is 12.2. The van der Waals surface area contributed by atoms with Gasteiger partial charge in [0.2, 0.25) is 5.78 Å². The monoisotopic (exact) mass is 452 g/mol. The van der Waals surface area contributed by atoms with Gasteiger partial charge in [0.25, 0.3) is 0 Å². The third kappa shape index (κ3) is 3.33. The van der Waals surface area contributed by atoms with Gasteiger partial charge < -0.3 is 25.5 Å². The molecule has 6 rings (SSSR count). The first-order valence-corrected chi connectivity index (χ1v) is 10.6. The van der Waals surface area contributed by atoms with Crippen LogP contribution in [-0.4, -0.2) is 31.3 Å². The lowest BCUT2D eigenvalue weighted by Crippen LogP contribution is -2.15. The highest BCUT2D eigenvalue weighted by molar-refractivity contribution is 6.15.